The number of para-hydroxylation sites is 1. The number of pyridine rings is 1. The molecule has 10 heteroatoms. The normalized spacial score (nSPS) is 15.1. The van der Waals surface area contributed by atoms with E-state index in [4.69, 9.17) is 0 Å². The van der Waals surface area contributed by atoms with E-state index in [9.17, 15) is 13.2 Å². The summed E-state index contributed by atoms with van der Waals surface area (Å²) >= 11 is 3.32. The van der Waals surface area contributed by atoms with E-state index < -0.39 is 10.0 Å². The molecule has 2 amide bonds. The van der Waals surface area contributed by atoms with Crippen LogP contribution in [0.4, 0.5) is 10.5 Å². The number of urea groups is 1. The first kappa shape index (κ1) is 27.5. The van der Waals surface area contributed by atoms with Crippen LogP contribution in [0.2, 0.25) is 0 Å². The molecule has 0 unspecified atom stereocenters. The fraction of sp³-hybridized carbons (Fsp3) is 0.407. The maximum absolute atomic E-state index is 12.5. The topological polar surface area (TPSA) is 103 Å². The molecule has 8 nitrogen and oxygen atoms in total. The Bertz CT molecular complexity index is 1310. The largest absolute Gasteiger partial charge is 0.337 e. The molecule has 2 aromatic carbocycles. The van der Waals surface area contributed by atoms with Crippen molar-refractivity contribution in [3.63, 3.8) is 0 Å². The van der Waals surface area contributed by atoms with Crippen molar-refractivity contribution in [1.29, 1.82) is 0 Å². The lowest BCUT2D eigenvalue weighted by Crippen LogP contribution is -2.40. The monoisotopic (exact) mass is 587 g/mol. The van der Waals surface area contributed by atoms with Crippen LogP contribution in [-0.2, 0) is 10.0 Å². The van der Waals surface area contributed by atoms with Crippen LogP contribution in [-0.4, -0.2) is 57.1 Å². The Labute approximate surface area is 227 Å². The van der Waals surface area contributed by atoms with E-state index in [1.54, 1.807) is 24.3 Å². The van der Waals surface area contributed by atoms with E-state index in [1.807, 2.05) is 37.3 Å². The molecule has 1 saturated heterocycles. The van der Waals surface area contributed by atoms with Crippen molar-refractivity contribution in [2.45, 2.75) is 37.5 Å². The standard InChI is InChI=1S/C27H34BrN5O3S/c1-20-19-26(24-6-2-3-7-25(24)31-20)32-27(34)29-15-18-33-16-12-21(13-17-33)5-4-14-30-37(35,36)23-10-8-22(28)9-11-23/h2-3,6-11,19,21,30H,4-5,12-18H2,1H3,(H2,29,31,32,34). The fourth-order valence-corrected chi connectivity index (χ4v) is 6.04. The summed E-state index contributed by atoms with van der Waals surface area (Å²) in [6.45, 7) is 5.74. The van der Waals surface area contributed by atoms with Crippen molar-refractivity contribution in [3.05, 3.63) is 64.8 Å². The number of nitrogens with zero attached hydrogens (tertiary/aromatic N) is 2. The Balaban J connectivity index is 1.11. The first-order valence-corrected chi connectivity index (χ1v) is 15.0. The lowest BCUT2D eigenvalue weighted by Gasteiger charge is -2.32. The highest BCUT2D eigenvalue weighted by Gasteiger charge is 2.19. The molecular weight excluding hydrogens is 554 g/mol. The van der Waals surface area contributed by atoms with Crippen LogP contribution < -0.4 is 15.4 Å². The van der Waals surface area contributed by atoms with E-state index in [1.165, 1.54) is 0 Å². The maximum Gasteiger partial charge on any atom is 0.319 e. The summed E-state index contributed by atoms with van der Waals surface area (Å²) < 4.78 is 28.3. The quantitative estimate of drug-likeness (QED) is 0.293. The van der Waals surface area contributed by atoms with Crippen LogP contribution in [0, 0.1) is 12.8 Å². The van der Waals surface area contributed by atoms with E-state index in [2.05, 4.69) is 41.2 Å². The van der Waals surface area contributed by atoms with Crippen LogP contribution in [0.1, 0.15) is 31.4 Å². The molecule has 0 spiro atoms. The molecule has 3 N–H and O–H groups in total. The minimum Gasteiger partial charge on any atom is -0.337 e. The number of nitrogens with one attached hydrogen (secondary N) is 3. The average Bonchev–Trinajstić information content (AvgIpc) is 2.87. The Morgan fingerprint density at radius 2 is 1.81 bits per heavy atom. The lowest BCUT2D eigenvalue weighted by atomic mass is 9.92. The zero-order valence-corrected chi connectivity index (χ0v) is 23.4. The van der Waals surface area contributed by atoms with Gasteiger partial charge in [-0.15, -0.1) is 0 Å². The minimum absolute atomic E-state index is 0.212. The summed E-state index contributed by atoms with van der Waals surface area (Å²) in [6.07, 6.45) is 4.02. The molecule has 1 aromatic heterocycles. The Hall–Kier alpha value is -2.53. The van der Waals surface area contributed by atoms with Crippen LogP contribution >= 0.6 is 15.9 Å². The maximum atomic E-state index is 12.5. The molecule has 1 fully saturated rings. The summed E-state index contributed by atoms with van der Waals surface area (Å²) in [6, 6.07) is 16.1. The second-order valence-corrected chi connectivity index (χ2v) is 12.2. The third-order valence-electron chi connectivity index (χ3n) is 6.72. The molecule has 37 heavy (non-hydrogen) atoms. The van der Waals surface area contributed by atoms with E-state index in [0.29, 0.717) is 19.0 Å². The number of aromatic nitrogens is 1. The number of aryl methyl sites for hydroxylation is 1. The van der Waals surface area contributed by atoms with E-state index >= 15 is 0 Å². The van der Waals surface area contributed by atoms with Gasteiger partial charge in [0.2, 0.25) is 10.0 Å². The molecule has 198 valence electrons. The zero-order chi connectivity index (χ0) is 26.3. The van der Waals surface area contributed by atoms with Gasteiger partial charge in [-0.2, -0.15) is 0 Å². The smallest absolute Gasteiger partial charge is 0.319 e. The molecule has 0 bridgehead atoms. The number of carbonyl (C=O) groups is 1. The predicted molar refractivity (Wildman–Crippen MR) is 151 cm³/mol. The van der Waals surface area contributed by atoms with Gasteiger partial charge in [0, 0.05) is 35.2 Å². The van der Waals surface area contributed by atoms with Crippen molar-refractivity contribution in [2.75, 3.05) is 38.0 Å². The number of fused-ring (bicyclic) bond motifs is 1. The first-order valence-electron chi connectivity index (χ1n) is 12.7. The molecule has 0 aliphatic carbocycles. The summed E-state index contributed by atoms with van der Waals surface area (Å²) in [4.78, 5) is 19.6. The van der Waals surface area contributed by atoms with Gasteiger partial charge in [-0.3, -0.25) is 4.98 Å². The highest BCUT2D eigenvalue weighted by atomic mass is 79.9. The van der Waals surface area contributed by atoms with E-state index in [-0.39, 0.29) is 10.9 Å². The number of benzene rings is 2. The average molecular weight is 589 g/mol. The van der Waals surface area contributed by atoms with Gasteiger partial charge in [-0.25, -0.2) is 17.9 Å². The van der Waals surface area contributed by atoms with Crippen molar-refractivity contribution >= 4 is 48.6 Å². The zero-order valence-electron chi connectivity index (χ0n) is 21.0. The number of amides is 2. The molecule has 0 saturated carbocycles. The SMILES string of the molecule is Cc1cc(NC(=O)NCCN2CCC(CCCNS(=O)(=O)c3ccc(Br)cc3)CC2)c2ccccc2n1. The van der Waals surface area contributed by atoms with Crippen molar-refractivity contribution in [3.8, 4) is 0 Å². The molecule has 0 atom stereocenters. The number of likely N-dealkylation sites (tertiary alicyclic amines) is 1. The van der Waals surface area contributed by atoms with Crippen molar-refractivity contribution < 1.29 is 13.2 Å². The third kappa shape index (κ3) is 7.98. The molecule has 3 aromatic rings. The van der Waals surface area contributed by atoms with Gasteiger partial charge in [0.15, 0.2) is 0 Å². The van der Waals surface area contributed by atoms with Gasteiger partial charge in [0.25, 0.3) is 0 Å². The van der Waals surface area contributed by atoms with Crippen LogP contribution in [0.5, 0.6) is 0 Å². The number of rotatable bonds is 10. The lowest BCUT2D eigenvalue weighted by molar-refractivity contribution is 0.178. The summed E-state index contributed by atoms with van der Waals surface area (Å²) in [7, 11) is -3.46. The van der Waals surface area contributed by atoms with Gasteiger partial charge >= 0.3 is 6.03 Å². The van der Waals surface area contributed by atoms with Gasteiger partial charge in [-0.1, -0.05) is 34.1 Å². The number of hydrogen-bond donors (Lipinski definition) is 3. The number of sulfonamides is 1. The second kappa shape index (κ2) is 12.8. The van der Waals surface area contributed by atoms with Crippen LogP contribution in [0.3, 0.4) is 0 Å². The molecule has 4 rings (SSSR count). The van der Waals surface area contributed by atoms with Gasteiger partial charge in [0.1, 0.15) is 0 Å². The fourth-order valence-electron chi connectivity index (χ4n) is 4.70. The Kier molecular flexibility index (Phi) is 9.53. The second-order valence-electron chi connectivity index (χ2n) is 9.49. The summed E-state index contributed by atoms with van der Waals surface area (Å²) in [5.74, 6) is 0.605. The predicted octanol–water partition coefficient (Wildman–Crippen LogP) is 4.90. The Morgan fingerprint density at radius 3 is 2.57 bits per heavy atom. The number of hydrogen-bond acceptors (Lipinski definition) is 5. The van der Waals surface area contributed by atoms with E-state index in [0.717, 1.165) is 72.1 Å². The number of carbonyl (C=O) groups excluding carboxylic acids is 1. The number of anilines is 1. The van der Waals surface area contributed by atoms with Crippen molar-refractivity contribution in [1.82, 2.24) is 19.9 Å². The molecule has 0 radical (unpaired) electrons. The molecule has 1 aliphatic rings. The first-order chi connectivity index (χ1) is 17.8. The highest BCUT2D eigenvalue weighted by Crippen LogP contribution is 2.23. The van der Waals surface area contributed by atoms with Gasteiger partial charge in [0.05, 0.1) is 16.1 Å². The Morgan fingerprint density at radius 1 is 1.08 bits per heavy atom. The minimum atomic E-state index is -3.46. The molecule has 2 heterocycles. The van der Waals surface area contributed by atoms with Crippen molar-refractivity contribution in [2.24, 2.45) is 5.92 Å². The van der Waals surface area contributed by atoms with Gasteiger partial charge < -0.3 is 15.5 Å². The summed E-state index contributed by atoms with van der Waals surface area (Å²) in [5.41, 5.74) is 2.49. The van der Waals surface area contributed by atoms with Crippen LogP contribution in [0.15, 0.2) is 64.0 Å². The van der Waals surface area contributed by atoms with Crippen LogP contribution in [0.25, 0.3) is 10.9 Å². The third-order valence-corrected chi connectivity index (χ3v) is 8.72. The summed E-state index contributed by atoms with van der Waals surface area (Å²) in [5, 5.41) is 6.85. The van der Waals surface area contributed by atoms with Gasteiger partial charge in [-0.05, 0) is 88.0 Å². The molecule has 1 aliphatic heterocycles. The molecular formula is C27H34BrN5O3S. The number of piperidine rings is 1. The highest BCUT2D eigenvalue weighted by molar-refractivity contribution is 9.10. The number of halogens is 1.